The SMILES string of the molecule is NC(=O)C(N)(c1ccccc1)c1nc2ccncc2cc1-c1ccccc1. The summed E-state index contributed by atoms with van der Waals surface area (Å²) in [5.41, 5.74) is 14.3. The highest BCUT2D eigenvalue weighted by molar-refractivity contribution is 5.94. The van der Waals surface area contributed by atoms with E-state index in [1.165, 1.54) is 0 Å². The summed E-state index contributed by atoms with van der Waals surface area (Å²) in [7, 11) is 0. The predicted molar refractivity (Wildman–Crippen MR) is 106 cm³/mol. The first kappa shape index (κ1) is 16.9. The van der Waals surface area contributed by atoms with Crippen LogP contribution in [-0.2, 0) is 10.3 Å². The summed E-state index contributed by atoms with van der Waals surface area (Å²) >= 11 is 0. The summed E-state index contributed by atoms with van der Waals surface area (Å²) in [6.07, 6.45) is 3.40. The van der Waals surface area contributed by atoms with Crippen molar-refractivity contribution in [3.05, 3.63) is 96.4 Å². The third-order valence-corrected chi connectivity index (χ3v) is 4.69. The van der Waals surface area contributed by atoms with Gasteiger partial charge in [0.1, 0.15) is 0 Å². The molecule has 0 spiro atoms. The fourth-order valence-corrected chi connectivity index (χ4v) is 3.25. The van der Waals surface area contributed by atoms with Crippen LogP contribution in [0.25, 0.3) is 22.0 Å². The van der Waals surface area contributed by atoms with Crippen molar-refractivity contribution in [3.63, 3.8) is 0 Å². The van der Waals surface area contributed by atoms with Gasteiger partial charge in [0.25, 0.3) is 0 Å². The van der Waals surface area contributed by atoms with Crippen LogP contribution in [0.1, 0.15) is 11.3 Å². The summed E-state index contributed by atoms with van der Waals surface area (Å²) in [5, 5.41) is 0.861. The maximum Gasteiger partial charge on any atom is 0.248 e. The largest absolute Gasteiger partial charge is 0.367 e. The summed E-state index contributed by atoms with van der Waals surface area (Å²) in [5.74, 6) is -0.660. The molecule has 1 atom stereocenters. The minimum Gasteiger partial charge on any atom is -0.367 e. The molecule has 1 amide bonds. The standard InChI is InChI=1S/C22H18N4O/c23-21(27)22(24,17-9-5-2-6-10-17)20-18(15-7-3-1-4-8-15)13-16-14-25-12-11-19(16)26-20/h1-14H,24H2,(H2,23,27). The van der Waals surface area contributed by atoms with E-state index in [-0.39, 0.29) is 0 Å². The molecule has 27 heavy (non-hydrogen) atoms. The molecule has 5 heteroatoms. The van der Waals surface area contributed by atoms with E-state index in [0.717, 1.165) is 16.5 Å². The van der Waals surface area contributed by atoms with Crippen molar-refractivity contribution in [1.82, 2.24) is 9.97 Å². The molecule has 1 unspecified atom stereocenters. The zero-order valence-electron chi connectivity index (χ0n) is 14.5. The molecule has 0 saturated carbocycles. The first-order chi connectivity index (χ1) is 13.1. The minimum absolute atomic E-state index is 0.422. The van der Waals surface area contributed by atoms with Gasteiger partial charge in [0.2, 0.25) is 5.91 Å². The molecule has 5 nitrogen and oxygen atoms in total. The van der Waals surface area contributed by atoms with Crippen LogP contribution in [0.4, 0.5) is 0 Å². The highest BCUT2D eigenvalue weighted by atomic mass is 16.1. The molecule has 2 aromatic heterocycles. The van der Waals surface area contributed by atoms with Crippen LogP contribution in [0.15, 0.2) is 85.2 Å². The maximum atomic E-state index is 12.6. The number of pyridine rings is 2. The smallest absolute Gasteiger partial charge is 0.248 e. The van der Waals surface area contributed by atoms with Gasteiger partial charge in [0, 0.05) is 23.3 Å². The van der Waals surface area contributed by atoms with Crippen molar-refractivity contribution in [2.24, 2.45) is 11.5 Å². The van der Waals surface area contributed by atoms with E-state index in [4.69, 9.17) is 16.5 Å². The van der Waals surface area contributed by atoms with Gasteiger partial charge in [-0.05, 0) is 23.3 Å². The number of amides is 1. The summed E-state index contributed by atoms with van der Waals surface area (Å²) in [4.78, 5) is 21.5. The first-order valence-electron chi connectivity index (χ1n) is 8.55. The molecule has 4 rings (SSSR count). The Morgan fingerprint density at radius 3 is 2.26 bits per heavy atom. The normalized spacial score (nSPS) is 13.2. The number of aromatic nitrogens is 2. The number of benzene rings is 2. The van der Waals surface area contributed by atoms with Gasteiger partial charge in [-0.1, -0.05) is 60.7 Å². The first-order valence-corrected chi connectivity index (χ1v) is 8.55. The molecule has 0 bridgehead atoms. The molecule has 132 valence electrons. The minimum atomic E-state index is -1.57. The van der Waals surface area contributed by atoms with Gasteiger partial charge in [-0.25, -0.2) is 4.98 Å². The maximum absolute atomic E-state index is 12.6. The lowest BCUT2D eigenvalue weighted by molar-refractivity contribution is -0.122. The van der Waals surface area contributed by atoms with Crippen LogP contribution in [0, 0.1) is 0 Å². The second-order valence-electron chi connectivity index (χ2n) is 6.36. The fraction of sp³-hybridized carbons (Fsp3) is 0.0455. The molecule has 0 fully saturated rings. The van der Waals surface area contributed by atoms with Crippen molar-refractivity contribution in [2.45, 2.75) is 5.54 Å². The number of primary amides is 1. The van der Waals surface area contributed by atoms with Crippen molar-refractivity contribution in [1.29, 1.82) is 0 Å². The molecule has 4 N–H and O–H groups in total. The predicted octanol–water partition coefficient (Wildman–Crippen LogP) is 2.98. The van der Waals surface area contributed by atoms with Crippen LogP contribution < -0.4 is 11.5 Å². The van der Waals surface area contributed by atoms with Gasteiger partial charge in [-0.3, -0.25) is 9.78 Å². The van der Waals surface area contributed by atoms with Gasteiger partial charge < -0.3 is 11.5 Å². The van der Waals surface area contributed by atoms with E-state index in [9.17, 15) is 4.79 Å². The van der Waals surface area contributed by atoms with E-state index in [1.807, 2.05) is 54.6 Å². The number of carbonyl (C=O) groups is 1. The van der Waals surface area contributed by atoms with E-state index in [2.05, 4.69) is 4.98 Å². The van der Waals surface area contributed by atoms with Crippen LogP contribution in [-0.4, -0.2) is 15.9 Å². The second-order valence-corrected chi connectivity index (χ2v) is 6.36. The van der Waals surface area contributed by atoms with E-state index in [1.54, 1.807) is 30.6 Å². The van der Waals surface area contributed by atoms with E-state index < -0.39 is 11.4 Å². The summed E-state index contributed by atoms with van der Waals surface area (Å²) in [6.45, 7) is 0. The average Bonchev–Trinajstić information content (AvgIpc) is 2.73. The fourth-order valence-electron chi connectivity index (χ4n) is 3.25. The van der Waals surface area contributed by atoms with Gasteiger partial charge in [-0.2, -0.15) is 0 Å². The van der Waals surface area contributed by atoms with Crippen LogP contribution in [0.3, 0.4) is 0 Å². The molecular formula is C22H18N4O. The number of rotatable bonds is 4. The Morgan fingerprint density at radius 1 is 0.926 bits per heavy atom. The second kappa shape index (κ2) is 6.63. The van der Waals surface area contributed by atoms with Crippen molar-refractivity contribution in [2.75, 3.05) is 0 Å². The number of hydrogen-bond donors (Lipinski definition) is 2. The molecular weight excluding hydrogens is 336 g/mol. The molecule has 0 radical (unpaired) electrons. The summed E-state index contributed by atoms with van der Waals surface area (Å²) in [6, 6.07) is 22.5. The van der Waals surface area contributed by atoms with Gasteiger partial charge in [-0.15, -0.1) is 0 Å². The van der Waals surface area contributed by atoms with Gasteiger partial charge in [0.05, 0.1) is 11.2 Å². The van der Waals surface area contributed by atoms with Crippen LogP contribution in [0.5, 0.6) is 0 Å². The Kier molecular flexibility index (Phi) is 4.14. The Labute approximate surface area is 156 Å². The molecule has 2 heterocycles. The zero-order valence-corrected chi connectivity index (χ0v) is 14.5. The number of fused-ring (bicyclic) bond motifs is 1. The number of hydrogen-bond acceptors (Lipinski definition) is 4. The highest BCUT2D eigenvalue weighted by Crippen LogP contribution is 2.35. The lowest BCUT2D eigenvalue weighted by Gasteiger charge is -2.28. The summed E-state index contributed by atoms with van der Waals surface area (Å²) < 4.78 is 0. The van der Waals surface area contributed by atoms with E-state index >= 15 is 0 Å². The van der Waals surface area contributed by atoms with Crippen molar-refractivity contribution >= 4 is 16.8 Å². The Morgan fingerprint density at radius 2 is 1.59 bits per heavy atom. The molecule has 4 aromatic rings. The third-order valence-electron chi connectivity index (χ3n) is 4.69. The third kappa shape index (κ3) is 2.84. The Hall–Kier alpha value is -3.57. The lowest BCUT2D eigenvalue weighted by Crippen LogP contribution is -2.51. The molecule has 0 aliphatic rings. The molecule has 0 aliphatic carbocycles. The monoisotopic (exact) mass is 354 g/mol. The van der Waals surface area contributed by atoms with Crippen molar-refractivity contribution < 1.29 is 4.79 Å². The molecule has 2 aromatic carbocycles. The highest BCUT2D eigenvalue weighted by Gasteiger charge is 2.40. The van der Waals surface area contributed by atoms with Crippen molar-refractivity contribution in [3.8, 4) is 11.1 Å². The number of nitrogens with zero attached hydrogens (tertiary/aromatic N) is 2. The molecule has 0 saturated heterocycles. The van der Waals surface area contributed by atoms with Crippen LogP contribution >= 0.6 is 0 Å². The zero-order chi connectivity index (χ0) is 18.9. The topological polar surface area (TPSA) is 94.9 Å². The number of nitrogens with two attached hydrogens (primary N) is 2. The Bertz CT molecular complexity index is 1110. The lowest BCUT2D eigenvalue weighted by atomic mass is 9.82. The average molecular weight is 354 g/mol. The van der Waals surface area contributed by atoms with E-state index in [0.29, 0.717) is 16.8 Å². The quantitative estimate of drug-likeness (QED) is 0.589. The molecule has 0 aliphatic heterocycles. The van der Waals surface area contributed by atoms with Gasteiger partial charge in [0.15, 0.2) is 5.54 Å². The number of carbonyl (C=O) groups excluding carboxylic acids is 1. The van der Waals surface area contributed by atoms with Gasteiger partial charge >= 0.3 is 0 Å². The Balaban J connectivity index is 2.08. The van der Waals surface area contributed by atoms with Crippen LogP contribution in [0.2, 0.25) is 0 Å².